The summed E-state index contributed by atoms with van der Waals surface area (Å²) in [6.07, 6.45) is 1.74. The van der Waals surface area contributed by atoms with Gasteiger partial charge in [-0.1, -0.05) is 6.07 Å². The maximum absolute atomic E-state index is 5.97. The molecule has 0 amide bonds. The largest absolute Gasteiger partial charge is 0.494 e. The van der Waals surface area contributed by atoms with Gasteiger partial charge in [-0.15, -0.1) is 0 Å². The zero-order chi connectivity index (χ0) is 13.0. The minimum absolute atomic E-state index is 0.647. The SMILES string of the molecule is CCOc1cccc(Nc2nccc(C)c2N)c1. The topological polar surface area (TPSA) is 60.2 Å². The summed E-state index contributed by atoms with van der Waals surface area (Å²) < 4.78 is 5.45. The summed E-state index contributed by atoms with van der Waals surface area (Å²) in [6.45, 7) is 4.56. The van der Waals surface area contributed by atoms with Crippen LogP contribution in [0.3, 0.4) is 0 Å². The fourth-order valence-corrected chi connectivity index (χ4v) is 1.64. The number of nitrogens with zero attached hydrogens (tertiary/aromatic N) is 1. The molecular formula is C14H17N3O. The van der Waals surface area contributed by atoms with Crippen LogP contribution in [-0.2, 0) is 0 Å². The van der Waals surface area contributed by atoms with Crippen molar-refractivity contribution in [2.45, 2.75) is 13.8 Å². The molecule has 2 rings (SSSR count). The van der Waals surface area contributed by atoms with Gasteiger partial charge >= 0.3 is 0 Å². The summed E-state index contributed by atoms with van der Waals surface area (Å²) in [5, 5.41) is 3.20. The van der Waals surface area contributed by atoms with Crippen molar-refractivity contribution in [3.63, 3.8) is 0 Å². The first kappa shape index (κ1) is 12.2. The second-order valence-electron chi connectivity index (χ2n) is 3.98. The Morgan fingerprint density at radius 3 is 2.94 bits per heavy atom. The predicted octanol–water partition coefficient (Wildman–Crippen LogP) is 3.11. The minimum atomic E-state index is 0.647. The number of hydrogen-bond acceptors (Lipinski definition) is 4. The molecule has 94 valence electrons. The van der Waals surface area contributed by atoms with Crippen LogP contribution in [-0.4, -0.2) is 11.6 Å². The van der Waals surface area contributed by atoms with E-state index in [0.717, 1.165) is 17.0 Å². The van der Waals surface area contributed by atoms with Gasteiger partial charge in [-0.3, -0.25) is 0 Å². The standard InChI is InChI=1S/C14H17N3O/c1-3-18-12-6-4-5-11(9-12)17-14-13(15)10(2)7-8-16-14/h4-9H,3,15H2,1-2H3,(H,16,17). The average Bonchev–Trinajstić information content (AvgIpc) is 2.36. The van der Waals surface area contributed by atoms with Gasteiger partial charge in [-0.05, 0) is 37.6 Å². The summed E-state index contributed by atoms with van der Waals surface area (Å²) in [5.41, 5.74) is 8.55. The van der Waals surface area contributed by atoms with Crippen LogP contribution < -0.4 is 15.8 Å². The van der Waals surface area contributed by atoms with Crippen LogP contribution in [0.5, 0.6) is 5.75 Å². The second-order valence-corrected chi connectivity index (χ2v) is 3.98. The number of pyridine rings is 1. The zero-order valence-corrected chi connectivity index (χ0v) is 10.6. The summed E-state index contributed by atoms with van der Waals surface area (Å²) in [6, 6.07) is 9.61. The molecule has 4 nitrogen and oxygen atoms in total. The molecule has 0 bridgehead atoms. The molecule has 3 N–H and O–H groups in total. The van der Waals surface area contributed by atoms with Gasteiger partial charge in [-0.25, -0.2) is 4.98 Å². The van der Waals surface area contributed by atoms with Crippen LogP contribution in [0.4, 0.5) is 17.2 Å². The van der Waals surface area contributed by atoms with Gasteiger partial charge in [0.2, 0.25) is 0 Å². The van der Waals surface area contributed by atoms with Gasteiger partial charge in [0.1, 0.15) is 5.75 Å². The van der Waals surface area contributed by atoms with E-state index < -0.39 is 0 Å². The monoisotopic (exact) mass is 243 g/mol. The lowest BCUT2D eigenvalue weighted by molar-refractivity contribution is 0.340. The quantitative estimate of drug-likeness (QED) is 0.866. The Labute approximate surface area is 107 Å². The Balaban J connectivity index is 2.23. The Morgan fingerprint density at radius 2 is 2.17 bits per heavy atom. The number of ether oxygens (including phenoxy) is 1. The van der Waals surface area contributed by atoms with Gasteiger partial charge in [0.05, 0.1) is 12.3 Å². The van der Waals surface area contributed by atoms with E-state index in [1.807, 2.05) is 44.2 Å². The van der Waals surface area contributed by atoms with Crippen molar-refractivity contribution in [1.82, 2.24) is 4.98 Å². The lowest BCUT2D eigenvalue weighted by Gasteiger charge is -2.11. The molecule has 0 saturated heterocycles. The van der Waals surface area contributed by atoms with E-state index in [2.05, 4.69) is 10.3 Å². The molecule has 1 heterocycles. The van der Waals surface area contributed by atoms with Gasteiger partial charge in [0.25, 0.3) is 0 Å². The Kier molecular flexibility index (Phi) is 3.67. The summed E-state index contributed by atoms with van der Waals surface area (Å²) in [7, 11) is 0. The molecule has 0 saturated carbocycles. The fourth-order valence-electron chi connectivity index (χ4n) is 1.64. The van der Waals surface area contributed by atoms with Crippen LogP contribution in [0.1, 0.15) is 12.5 Å². The van der Waals surface area contributed by atoms with Gasteiger partial charge in [-0.2, -0.15) is 0 Å². The number of hydrogen-bond donors (Lipinski definition) is 2. The average molecular weight is 243 g/mol. The van der Waals surface area contributed by atoms with E-state index in [1.54, 1.807) is 6.20 Å². The smallest absolute Gasteiger partial charge is 0.153 e. The summed E-state index contributed by atoms with van der Waals surface area (Å²) >= 11 is 0. The lowest BCUT2D eigenvalue weighted by Crippen LogP contribution is -2.01. The molecule has 0 radical (unpaired) electrons. The van der Waals surface area contributed by atoms with Crippen LogP contribution >= 0.6 is 0 Å². The minimum Gasteiger partial charge on any atom is -0.494 e. The third-order valence-corrected chi connectivity index (χ3v) is 2.62. The Bertz CT molecular complexity index is 540. The maximum atomic E-state index is 5.97. The van der Waals surface area contributed by atoms with E-state index >= 15 is 0 Å². The van der Waals surface area contributed by atoms with E-state index in [4.69, 9.17) is 10.5 Å². The van der Waals surface area contributed by atoms with Crippen LogP contribution in [0.25, 0.3) is 0 Å². The first-order valence-electron chi connectivity index (χ1n) is 5.91. The molecule has 1 aromatic carbocycles. The van der Waals surface area contributed by atoms with Crippen LogP contribution in [0.15, 0.2) is 36.5 Å². The summed E-state index contributed by atoms with van der Waals surface area (Å²) in [4.78, 5) is 4.23. The molecule has 2 aromatic rings. The van der Waals surface area contributed by atoms with Crippen molar-refractivity contribution in [2.24, 2.45) is 0 Å². The molecule has 0 aliphatic heterocycles. The Hall–Kier alpha value is -2.23. The number of rotatable bonds is 4. The lowest BCUT2D eigenvalue weighted by atomic mass is 10.2. The van der Waals surface area contributed by atoms with E-state index in [9.17, 15) is 0 Å². The maximum Gasteiger partial charge on any atom is 0.153 e. The highest BCUT2D eigenvalue weighted by Crippen LogP contribution is 2.25. The molecule has 0 atom stereocenters. The normalized spacial score (nSPS) is 10.1. The molecule has 0 aliphatic rings. The van der Waals surface area contributed by atoms with Crippen LogP contribution in [0, 0.1) is 6.92 Å². The van der Waals surface area contributed by atoms with Crippen LogP contribution in [0.2, 0.25) is 0 Å². The highest BCUT2D eigenvalue weighted by atomic mass is 16.5. The van der Waals surface area contributed by atoms with E-state index in [1.165, 1.54) is 0 Å². The third-order valence-electron chi connectivity index (χ3n) is 2.62. The fraction of sp³-hybridized carbons (Fsp3) is 0.214. The molecule has 1 aromatic heterocycles. The van der Waals surface area contributed by atoms with E-state index in [-0.39, 0.29) is 0 Å². The molecule has 4 heteroatoms. The van der Waals surface area contributed by atoms with Crippen molar-refractivity contribution in [2.75, 3.05) is 17.7 Å². The number of nitrogens with two attached hydrogens (primary N) is 1. The number of anilines is 3. The number of nitrogens with one attached hydrogen (secondary N) is 1. The molecule has 18 heavy (non-hydrogen) atoms. The predicted molar refractivity (Wildman–Crippen MR) is 74.3 cm³/mol. The number of benzene rings is 1. The van der Waals surface area contributed by atoms with Crippen molar-refractivity contribution < 1.29 is 4.74 Å². The number of aromatic nitrogens is 1. The Morgan fingerprint density at radius 1 is 1.33 bits per heavy atom. The van der Waals surface area contributed by atoms with Crippen molar-refractivity contribution in [3.8, 4) is 5.75 Å². The van der Waals surface area contributed by atoms with Gasteiger partial charge in [0, 0.05) is 18.0 Å². The number of nitrogen functional groups attached to an aromatic ring is 1. The zero-order valence-electron chi connectivity index (χ0n) is 10.6. The van der Waals surface area contributed by atoms with Crippen molar-refractivity contribution >= 4 is 17.2 Å². The first-order chi connectivity index (χ1) is 8.70. The van der Waals surface area contributed by atoms with Gasteiger partial charge in [0.15, 0.2) is 5.82 Å². The molecule has 0 aliphatic carbocycles. The molecule has 0 spiro atoms. The van der Waals surface area contributed by atoms with Gasteiger partial charge < -0.3 is 15.8 Å². The molecular weight excluding hydrogens is 226 g/mol. The van der Waals surface area contributed by atoms with Crippen molar-refractivity contribution in [3.05, 3.63) is 42.1 Å². The molecule has 0 fully saturated rings. The van der Waals surface area contributed by atoms with Crippen molar-refractivity contribution in [1.29, 1.82) is 0 Å². The second kappa shape index (κ2) is 5.40. The highest BCUT2D eigenvalue weighted by Gasteiger charge is 2.04. The molecule has 0 unspecified atom stereocenters. The highest BCUT2D eigenvalue weighted by molar-refractivity contribution is 5.71. The summed E-state index contributed by atoms with van der Waals surface area (Å²) in [5.74, 6) is 1.50. The first-order valence-corrected chi connectivity index (χ1v) is 5.91. The van der Waals surface area contributed by atoms with E-state index in [0.29, 0.717) is 18.1 Å². The third kappa shape index (κ3) is 2.71. The number of aryl methyl sites for hydroxylation is 1.